The van der Waals surface area contributed by atoms with Crippen molar-refractivity contribution < 1.29 is 19.1 Å². The summed E-state index contributed by atoms with van der Waals surface area (Å²) in [5.74, 6) is 0.223. The molecule has 0 aliphatic carbocycles. The molecule has 7 nitrogen and oxygen atoms in total. The fourth-order valence-corrected chi connectivity index (χ4v) is 1.66. The Balaban J connectivity index is 2.48. The first kappa shape index (κ1) is 16.0. The molecule has 20 heavy (non-hydrogen) atoms. The third kappa shape index (κ3) is 5.29. The van der Waals surface area contributed by atoms with Gasteiger partial charge in [0.25, 0.3) is 0 Å². The quantitative estimate of drug-likeness (QED) is 0.740. The maximum atomic E-state index is 11.9. The minimum Gasteiger partial charge on any atom is -0.481 e. The van der Waals surface area contributed by atoms with Gasteiger partial charge < -0.3 is 20.2 Å². The van der Waals surface area contributed by atoms with Gasteiger partial charge in [-0.3, -0.25) is 4.79 Å². The number of amides is 2. The molecular formula is C13H21N3O4. The molecule has 0 aromatic carbocycles. The Kier molecular flexibility index (Phi) is 5.12. The Bertz CT molecular complexity index is 482. The average molecular weight is 283 g/mol. The molecule has 1 rings (SSSR count). The number of hydrogen-bond acceptors (Lipinski definition) is 4. The van der Waals surface area contributed by atoms with Gasteiger partial charge >= 0.3 is 12.0 Å². The molecule has 0 aliphatic rings. The highest BCUT2D eigenvalue weighted by atomic mass is 16.4. The molecule has 1 atom stereocenters. The maximum absolute atomic E-state index is 11.9. The molecular weight excluding hydrogens is 262 g/mol. The number of carbonyl (C=O) groups is 2. The first-order valence-corrected chi connectivity index (χ1v) is 6.42. The van der Waals surface area contributed by atoms with E-state index in [1.165, 1.54) is 0 Å². The molecule has 7 heteroatoms. The highest BCUT2D eigenvalue weighted by molar-refractivity contribution is 5.75. The molecule has 0 spiro atoms. The summed E-state index contributed by atoms with van der Waals surface area (Å²) in [6.07, 6.45) is 1.94. The van der Waals surface area contributed by atoms with E-state index in [1.807, 2.05) is 0 Å². The number of carboxylic acids is 1. The Hall–Kier alpha value is -2.05. The van der Waals surface area contributed by atoms with Gasteiger partial charge in [-0.2, -0.15) is 0 Å². The zero-order chi connectivity index (χ0) is 15.3. The average Bonchev–Trinajstić information content (AvgIpc) is 2.72. The molecule has 0 bridgehead atoms. The van der Waals surface area contributed by atoms with Crippen LogP contribution in [0, 0.1) is 6.92 Å². The van der Waals surface area contributed by atoms with Crippen molar-refractivity contribution in [3.63, 3.8) is 0 Å². The van der Waals surface area contributed by atoms with Crippen LogP contribution in [0.15, 0.2) is 10.6 Å². The van der Waals surface area contributed by atoms with Crippen molar-refractivity contribution in [1.82, 2.24) is 15.6 Å². The summed E-state index contributed by atoms with van der Waals surface area (Å²) in [4.78, 5) is 26.4. The second-order valence-electron chi connectivity index (χ2n) is 5.41. The smallest absolute Gasteiger partial charge is 0.315 e. The number of hydrogen-bond donors (Lipinski definition) is 3. The van der Waals surface area contributed by atoms with Gasteiger partial charge in [-0.25, -0.2) is 9.78 Å². The Morgan fingerprint density at radius 1 is 1.50 bits per heavy atom. The minimum atomic E-state index is -0.885. The summed E-state index contributed by atoms with van der Waals surface area (Å²) < 4.78 is 5.32. The standard InChI is InChI=1S/C13H21N3O4/c1-8-7-14-11(20-8)9(2)15-12(19)16-13(3,4)6-5-10(17)18/h7,9H,5-6H2,1-4H3,(H,17,18)(H2,15,16,19). The number of carboxylic acid groups (broad SMARTS) is 1. The Morgan fingerprint density at radius 2 is 2.15 bits per heavy atom. The van der Waals surface area contributed by atoms with Gasteiger partial charge in [-0.05, 0) is 34.1 Å². The molecule has 1 heterocycles. The number of aromatic nitrogens is 1. The van der Waals surface area contributed by atoms with Gasteiger partial charge in [0.2, 0.25) is 5.89 Å². The molecule has 0 aliphatic heterocycles. The van der Waals surface area contributed by atoms with E-state index >= 15 is 0 Å². The third-order valence-corrected chi connectivity index (χ3v) is 2.77. The summed E-state index contributed by atoms with van der Waals surface area (Å²) >= 11 is 0. The molecule has 0 radical (unpaired) electrons. The van der Waals surface area contributed by atoms with E-state index in [9.17, 15) is 9.59 Å². The van der Waals surface area contributed by atoms with E-state index in [2.05, 4.69) is 15.6 Å². The number of nitrogens with zero attached hydrogens (tertiary/aromatic N) is 1. The zero-order valence-corrected chi connectivity index (χ0v) is 12.2. The van der Waals surface area contributed by atoms with Crippen LogP contribution < -0.4 is 10.6 Å². The number of urea groups is 1. The molecule has 1 aromatic heterocycles. The van der Waals surface area contributed by atoms with Crippen LogP contribution in [-0.2, 0) is 4.79 Å². The first-order valence-electron chi connectivity index (χ1n) is 6.42. The Labute approximate surface area is 117 Å². The van der Waals surface area contributed by atoms with Gasteiger partial charge in [-0.15, -0.1) is 0 Å². The van der Waals surface area contributed by atoms with Crippen molar-refractivity contribution in [2.75, 3.05) is 0 Å². The monoisotopic (exact) mass is 283 g/mol. The second kappa shape index (κ2) is 6.40. The number of carbonyl (C=O) groups excluding carboxylic acids is 1. The lowest BCUT2D eigenvalue weighted by Gasteiger charge is -2.26. The van der Waals surface area contributed by atoms with Gasteiger partial charge in [0.15, 0.2) is 0 Å². The highest BCUT2D eigenvalue weighted by Crippen LogP contribution is 2.14. The first-order chi connectivity index (χ1) is 9.19. The zero-order valence-electron chi connectivity index (χ0n) is 12.2. The fourth-order valence-electron chi connectivity index (χ4n) is 1.66. The van der Waals surface area contributed by atoms with Crippen molar-refractivity contribution in [2.45, 2.75) is 52.1 Å². The summed E-state index contributed by atoms with van der Waals surface area (Å²) in [6.45, 7) is 7.08. The number of nitrogens with one attached hydrogen (secondary N) is 2. The highest BCUT2D eigenvalue weighted by Gasteiger charge is 2.23. The van der Waals surface area contributed by atoms with Crippen LogP contribution in [-0.4, -0.2) is 27.6 Å². The number of aliphatic carboxylic acids is 1. The van der Waals surface area contributed by atoms with Crippen LogP contribution in [0.1, 0.15) is 51.3 Å². The summed E-state index contributed by atoms with van der Waals surface area (Å²) in [6, 6.07) is -0.747. The molecule has 2 amide bonds. The van der Waals surface area contributed by atoms with E-state index in [1.54, 1.807) is 33.9 Å². The van der Waals surface area contributed by atoms with E-state index in [-0.39, 0.29) is 18.5 Å². The Morgan fingerprint density at radius 3 is 2.65 bits per heavy atom. The largest absolute Gasteiger partial charge is 0.481 e. The normalized spacial score (nSPS) is 12.8. The molecule has 3 N–H and O–H groups in total. The molecule has 1 unspecified atom stereocenters. The number of aryl methyl sites for hydroxylation is 1. The van der Waals surface area contributed by atoms with Crippen molar-refractivity contribution in [1.29, 1.82) is 0 Å². The van der Waals surface area contributed by atoms with Crippen molar-refractivity contribution in [3.05, 3.63) is 17.8 Å². The molecule has 0 saturated carbocycles. The van der Waals surface area contributed by atoms with Crippen LogP contribution in [0.25, 0.3) is 0 Å². The lowest BCUT2D eigenvalue weighted by Crippen LogP contribution is -2.49. The van der Waals surface area contributed by atoms with Gasteiger partial charge in [0.05, 0.1) is 6.20 Å². The van der Waals surface area contributed by atoms with Crippen molar-refractivity contribution in [2.24, 2.45) is 0 Å². The molecule has 112 valence electrons. The summed E-state index contributed by atoms with van der Waals surface area (Å²) in [5, 5.41) is 14.1. The van der Waals surface area contributed by atoms with E-state index in [0.717, 1.165) is 0 Å². The van der Waals surface area contributed by atoms with Crippen molar-refractivity contribution >= 4 is 12.0 Å². The lowest BCUT2D eigenvalue weighted by molar-refractivity contribution is -0.137. The maximum Gasteiger partial charge on any atom is 0.315 e. The van der Waals surface area contributed by atoms with Gasteiger partial charge in [0, 0.05) is 12.0 Å². The van der Waals surface area contributed by atoms with Crippen molar-refractivity contribution in [3.8, 4) is 0 Å². The van der Waals surface area contributed by atoms with Gasteiger partial charge in [0.1, 0.15) is 11.8 Å². The lowest BCUT2D eigenvalue weighted by atomic mass is 9.99. The van der Waals surface area contributed by atoms with Crippen LogP contribution in [0.5, 0.6) is 0 Å². The van der Waals surface area contributed by atoms with Crippen LogP contribution >= 0.6 is 0 Å². The third-order valence-electron chi connectivity index (χ3n) is 2.77. The summed E-state index contributed by atoms with van der Waals surface area (Å²) in [5.41, 5.74) is -0.602. The predicted octanol–water partition coefficient (Wildman–Crippen LogP) is 1.99. The van der Waals surface area contributed by atoms with Crippen LogP contribution in [0.3, 0.4) is 0 Å². The number of oxazole rings is 1. The SMILES string of the molecule is Cc1cnc(C(C)NC(=O)NC(C)(C)CCC(=O)O)o1. The summed E-state index contributed by atoms with van der Waals surface area (Å²) in [7, 11) is 0. The molecule has 0 saturated heterocycles. The topological polar surface area (TPSA) is 104 Å². The van der Waals surface area contributed by atoms with Crippen LogP contribution in [0.2, 0.25) is 0 Å². The second-order valence-corrected chi connectivity index (χ2v) is 5.41. The molecule has 0 fully saturated rings. The van der Waals surface area contributed by atoms with Gasteiger partial charge in [-0.1, -0.05) is 0 Å². The van der Waals surface area contributed by atoms with Crippen LogP contribution in [0.4, 0.5) is 4.79 Å². The van der Waals surface area contributed by atoms with E-state index < -0.39 is 11.5 Å². The number of rotatable bonds is 6. The van der Waals surface area contributed by atoms with E-state index in [4.69, 9.17) is 9.52 Å². The fraction of sp³-hybridized carbons (Fsp3) is 0.615. The minimum absolute atomic E-state index is 0.00175. The molecule has 1 aromatic rings. The van der Waals surface area contributed by atoms with E-state index in [0.29, 0.717) is 18.1 Å². The predicted molar refractivity (Wildman–Crippen MR) is 72.3 cm³/mol.